The fourth-order valence-corrected chi connectivity index (χ4v) is 14.8. The number of allylic oxidation sites excluding steroid dienone is 1. The van der Waals surface area contributed by atoms with E-state index in [2.05, 4.69) is 140 Å². The predicted molar refractivity (Wildman–Crippen MR) is 352 cm³/mol. The van der Waals surface area contributed by atoms with Crippen LogP contribution in [0.2, 0.25) is 0 Å². The van der Waals surface area contributed by atoms with Crippen molar-refractivity contribution in [2.75, 3.05) is 112 Å². The molecule has 0 radical (unpaired) electrons. The molecule has 4 saturated heterocycles. The fraction of sp³-hybridized carbons (Fsp3) is 0.437. The summed E-state index contributed by atoms with van der Waals surface area (Å²) in [6.45, 7) is 9.89. The van der Waals surface area contributed by atoms with Gasteiger partial charge in [0, 0.05) is 129 Å². The van der Waals surface area contributed by atoms with Gasteiger partial charge in [-0.1, -0.05) is 66.7 Å². The third-order valence-corrected chi connectivity index (χ3v) is 19.7. The molecule has 4 aromatic carbocycles. The van der Waals surface area contributed by atoms with Crippen LogP contribution in [0.3, 0.4) is 0 Å². The molecule has 19 nitrogen and oxygen atoms in total. The summed E-state index contributed by atoms with van der Waals surface area (Å²) in [6, 6.07) is 34.6. The number of nitrogens with zero attached hydrogens (tertiary/aromatic N) is 15. The molecule has 0 bridgehead atoms. The van der Waals surface area contributed by atoms with E-state index >= 15 is 0 Å². The van der Waals surface area contributed by atoms with Crippen molar-refractivity contribution in [2.45, 2.75) is 108 Å². The summed E-state index contributed by atoms with van der Waals surface area (Å²) >= 11 is 0. The van der Waals surface area contributed by atoms with E-state index in [9.17, 15) is 29.2 Å². The van der Waals surface area contributed by atoms with Crippen molar-refractivity contribution in [2.24, 2.45) is 0 Å². The van der Waals surface area contributed by atoms with E-state index in [1.807, 2.05) is 17.0 Å². The largest absolute Gasteiger partial charge is 0.462 e. The molecule has 4 fully saturated rings. The zero-order valence-electron chi connectivity index (χ0n) is 52.6. The number of rotatable bonds is 18. The summed E-state index contributed by atoms with van der Waals surface area (Å²) in [5.41, 5.74) is 9.41. The second kappa shape index (κ2) is 27.5. The molecule has 7 aromatic rings. The molecule has 13 rings (SSSR count). The van der Waals surface area contributed by atoms with Gasteiger partial charge >= 0.3 is 12.0 Å². The number of benzene rings is 4. The number of anilines is 4. The Bertz CT molecular complexity index is 3970. The third-order valence-electron chi connectivity index (χ3n) is 19.7. The lowest BCUT2D eigenvalue weighted by atomic mass is 9.92. The number of hydrogen-bond acceptors (Lipinski definition) is 18. The van der Waals surface area contributed by atoms with Crippen LogP contribution in [0.1, 0.15) is 77.2 Å². The molecule has 6 atom stereocenters. The minimum absolute atomic E-state index is 0.0370. The van der Waals surface area contributed by atoms with Crippen molar-refractivity contribution in [1.82, 2.24) is 44.5 Å². The fourth-order valence-electron chi connectivity index (χ4n) is 14.8. The van der Waals surface area contributed by atoms with Gasteiger partial charge in [-0.2, -0.15) is 30.5 Å². The average molecular weight is 1240 g/mol. The minimum atomic E-state index is -2.70. The first-order valence-electron chi connectivity index (χ1n) is 32.4. The second-order valence-electron chi connectivity index (χ2n) is 25.4. The van der Waals surface area contributed by atoms with E-state index in [1.54, 1.807) is 29.4 Å². The highest BCUT2D eigenvalue weighted by Gasteiger charge is 2.38. The van der Waals surface area contributed by atoms with Crippen LogP contribution in [-0.2, 0) is 30.7 Å². The zero-order chi connectivity index (χ0) is 63.4. The van der Waals surface area contributed by atoms with Gasteiger partial charge in [-0.15, -0.1) is 0 Å². The molecule has 0 aliphatic carbocycles. The minimum Gasteiger partial charge on any atom is -0.462 e. The Morgan fingerprint density at radius 3 is 2.07 bits per heavy atom. The lowest BCUT2D eigenvalue weighted by molar-refractivity contribution is -0.128. The van der Waals surface area contributed by atoms with Crippen LogP contribution in [0.4, 0.5) is 31.8 Å². The Hall–Kier alpha value is -8.86. The van der Waals surface area contributed by atoms with Crippen molar-refractivity contribution in [3.63, 3.8) is 0 Å². The SMILES string of the molecule is Cc1cccc2cccc(N3CCc4c(nc(OC[C@@H]5CC(c6cc(N7CCc8c(nc(OC[C@@H]9CCCN9C)nc8N8CCN(C(=O)/C=C/c9cccnc9)[C@@H](CC#N)C8)C7)c7ccccc7c6)CN5C)nc4N4CCN(C(O)/C=C/C(F)F)[C@@H](CC#N)C4)C3)c12. The Morgan fingerprint density at radius 2 is 1.37 bits per heavy atom. The Morgan fingerprint density at radius 1 is 0.696 bits per heavy atom. The summed E-state index contributed by atoms with van der Waals surface area (Å²) in [7, 11) is 4.29. The van der Waals surface area contributed by atoms with Crippen LogP contribution in [0.15, 0.2) is 116 Å². The van der Waals surface area contributed by atoms with Crippen molar-refractivity contribution < 1.29 is 28.2 Å². The van der Waals surface area contributed by atoms with Crippen molar-refractivity contribution in [1.29, 1.82) is 10.5 Å². The molecule has 0 saturated carbocycles. The second-order valence-corrected chi connectivity index (χ2v) is 25.4. The van der Waals surface area contributed by atoms with E-state index in [0.29, 0.717) is 90.5 Å². The molecule has 6 aliphatic rings. The van der Waals surface area contributed by atoms with Crippen LogP contribution in [0.5, 0.6) is 12.0 Å². The maximum absolute atomic E-state index is 13.7. The number of nitriles is 2. The number of amides is 1. The normalized spacial score (nSPS) is 22.0. The first kappa shape index (κ1) is 62.0. The number of hydrogen-bond donors (Lipinski definition) is 1. The Labute approximate surface area is 536 Å². The summed E-state index contributed by atoms with van der Waals surface area (Å²) < 4.78 is 39.8. The van der Waals surface area contributed by atoms with Crippen LogP contribution in [0.25, 0.3) is 27.6 Å². The maximum Gasteiger partial charge on any atom is 0.318 e. The number of piperazine rings is 2. The van der Waals surface area contributed by atoms with Gasteiger partial charge in [0.15, 0.2) is 0 Å². The van der Waals surface area contributed by atoms with Gasteiger partial charge in [-0.05, 0) is 129 Å². The Balaban J connectivity index is 0.755. The molecule has 92 heavy (non-hydrogen) atoms. The number of carbonyl (C=O) groups excluding carboxylic acids is 1. The maximum atomic E-state index is 13.7. The van der Waals surface area contributed by atoms with Crippen molar-refractivity contribution in [3.8, 4) is 24.2 Å². The van der Waals surface area contributed by atoms with Crippen LogP contribution >= 0.6 is 0 Å². The van der Waals surface area contributed by atoms with Gasteiger partial charge < -0.3 is 44.0 Å². The number of fused-ring (bicyclic) bond motifs is 4. The molecular weight excluding hydrogens is 1160 g/mol. The van der Waals surface area contributed by atoms with Crippen LogP contribution in [-0.4, -0.2) is 185 Å². The number of likely N-dealkylation sites (N-methyl/N-ethyl adjacent to an activating group) is 2. The predicted octanol–water partition coefficient (Wildman–Crippen LogP) is 8.93. The number of ether oxygens (including phenoxy) is 2. The molecule has 1 N–H and O–H groups in total. The van der Waals surface area contributed by atoms with Gasteiger partial charge in [-0.3, -0.25) is 19.6 Å². The number of aliphatic hydroxyl groups is 1. The highest BCUT2D eigenvalue weighted by molar-refractivity contribution is 5.97. The Kier molecular flexibility index (Phi) is 18.5. The smallest absolute Gasteiger partial charge is 0.318 e. The van der Waals surface area contributed by atoms with E-state index in [-0.39, 0.29) is 48.8 Å². The van der Waals surface area contributed by atoms with E-state index in [4.69, 9.17) is 29.4 Å². The number of likely N-dealkylation sites (tertiary alicyclic amines) is 2. The summed E-state index contributed by atoms with van der Waals surface area (Å²) in [5.74, 6) is 1.60. The standard InChI is InChI=1S/C71H79F2N15O4/c1-47-10-6-13-49-14-7-17-62(67(47)49)83-30-24-58-60(43-83)77-71(80-68(58)86-33-35-88(54(42-86)23-27-75)66(90)21-19-64(72)73)92-46-56-37-52(40-82(56)3)51-36-50-12-4-5-16-57(50)63(38-51)84-31-25-59-61(44-84)78-70(91-45-55-15-9-29-81(55)2)79-69(59)85-32-34-87(53(41-85)22-26-74)65(89)20-18-48-11-8-28-76-39-48/h4-8,10-14,16-21,28,36,38-39,52-56,64,66,90H,9,15,22-25,29-35,37,40-46H2,1-3H3/b20-18+,21-19+/t52?,53-,54-,55-,56-,66?/m0/s1. The highest BCUT2D eigenvalue weighted by Crippen LogP contribution is 2.41. The molecule has 9 heterocycles. The van der Waals surface area contributed by atoms with E-state index in [1.165, 1.54) is 21.9 Å². The molecule has 21 heteroatoms. The first-order valence-corrected chi connectivity index (χ1v) is 32.4. The number of halogens is 2. The summed E-state index contributed by atoms with van der Waals surface area (Å²) in [4.78, 5) is 56.2. The number of pyridine rings is 1. The summed E-state index contributed by atoms with van der Waals surface area (Å²) in [5, 5.41) is 35.8. The zero-order valence-corrected chi connectivity index (χ0v) is 52.6. The van der Waals surface area contributed by atoms with Crippen LogP contribution in [0, 0.1) is 29.6 Å². The van der Waals surface area contributed by atoms with Gasteiger partial charge in [0.1, 0.15) is 31.1 Å². The number of alkyl halides is 2. The third kappa shape index (κ3) is 13.3. The summed E-state index contributed by atoms with van der Waals surface area (Å²) in [6.07, 6.45) is 9.22. The number of aromatic nitrogens is 5. The van der Waals surface area contributed by atoms with Gasteiger partial charge in [-0.25, -0.2) is 8.78 Å². The monoisotopic (exact) mass is 1240 g/mol. The van der Waals surface area contributed by atoms with E-state index < -0.39 is 18.7 Å². The lowest BCUT2D eigenvalue weighted by Crippen LogP contribution is -2.56. The molecule has 0 spiro atoms. The molecule has 476 valence electrons. The molecule has 2 unspecified atom stereocenters. The lowest BCUT2D eigenvalue weighted by Gasteiger charge is -2.43. The quantitative estimate of drug-likeness (QED) is 0.0631. The van der Waals surface area contributed by atoms with Gasteiger partial charge in [0.25, 0.3) is 6.43 Å². The molecule has 3 aromatic heterocycles. The average Bonchev–Trinajstić information content (AvgIpc) is 0.808. The number of aryl methyl sites for hydroxylation is 1. The van der Waals surface area contributed by atoms with Gasteiger partial charge in [0.05, 0.1) is 55.5 Å². The highest BCUT2D eigenvalue weighted by atomic mass is 19.3. The van der Waals surface area contributed by atoms with Crippen molar-refractivity contribution >= 4 is 56.5 Å². The molecular formula is C71H79F2N15O4. The first-order chi connectivity index (χ1) is 44.9. The number of carbonyl (C=O) groups is 1. The van der Waals surface area contributed by atoms with Crippen LogP contribution < -0.4 is 29.1 Å². The topological polar surface area (TPSA) is 194 Å². The van der Waals surface area contributed by atoms with E-state index in [0.717, 1.165) is 113 Å². The molecule has 6 aliphatic heterocycles. The number of aliphatic hydroxyl groups excluding tert-OH is 1. The van der Waals surface area contributed by atoms with Crippen molar-refractivity contribution in [3.05, 3.63) is 155 Å². The molecule has 1 amide bonds. The van der Waals surface area contributed by atoms with Gasteiger partial charge in [0.2, 0.25) is 5.91 Å².